The van der Waals surface area contributed by atoms with Crippen LogP contribution in [0.25, 0.3) is 0 Å². The van der Waals surface area contributed by atoms with Crippen LogP contribution in [0.1, 0.15) is 57.9 Å². The van der Waals surface area contributed by atoms with Gasteiger partial charge in [0.1, 0.15) is 5.76 Å². The van der Waals surface area contributed by atoms with E-state index >= 15 is 0 Å². The summed E-state index contributed by atoms with van der Waals surface area (Å²) >= 11 is 0. The molecule has 27 heavy (non-hydrogen) atoms. The number of methoxy groups -OCH3 is 1. The molecule has 0 spiro atoms. The Kier molecular flexibility index (Phi) is 5.75. The zero-order valence-corrected chi connectivity index (χ0v) is 16.4. The third kappa shape index (κ3) is 5.01. The number of rotatable bonds is 7. The molecule has 6 nitrogen and oxygen atoms in total. The molecule has 1 saturated carbocycles. The molecule has 148 valence electrons. The van der Waals surface area contributed by atoms with Gasteiger partial charge >= 0.3 is 5.97 Å². The number of aliphatic hydroxyl groups is 1. The molecule has 6 heteroatoms. The van der Waals surface area contributed by atoms with Crippen molar-refractivity contribution in [3.05, 3.63) is 35.7 Å². The second kappa shape index (κ2) is 7.89. The number of pyridine rings is 1. The van der Waals surface area contributed by atoms with Crippen LogP contribution >= 0.6 is 0 Å². The number of hydrogen-bond donors (Lipinski definition) is 1. The van der Waals surface area contributed by atoms with Gasteiger partial charge in [-0.1, -0.05) is 18.9 Å². The lowest BCUT2D eigenvalue weighted by molar-refractivity contribution is -0.208. The van der Waals surface area contributed by atoms with Gasteiger partial charge in [-0.05, 0) is 37.2 Å². The van der Waals surface area contributed by atoms with Crippen molar-refractivity contribution < 1.29 is 24.1 Å². The van der Waals surface area contributed by atoms with Crippen LogP contribution in [0.3, 0.4) is 0 Å². The van der Waals surface area contributed by atoms with Crippen molar-refractivity contribution in [3.63, 3.8) is 0 Å². The van der Waals surface area contributed by atoms with Crippen LogP contribution < -0.4 is 4.74 Å². The molecule has 1 atom stereocenters. The maximum Gasteiger partial charge on any atom is 0.337 e. The first-order chi connectivity index (χ1) is 12.8. The van der Waals surface area contributed by atoms with Gasteiger partial charge in [0.2, 0.25) is 11.7 Å². The number of aryl methyl sites for hydroxylation is 1. The van der Waals surface area contributed by atoms with Crippen LogP contribution in [-0.2, 0) is 20.7 Å². The fourth-order valence-electron chi connectivity index (χ4n) is 4.10. The van der Waals surface area contributed by atoms with Crippen LogP contribution in [-0.4, -0.2) is 34.6 Å². The van der Waals surface area contributed by atoms with E-state index in [1.54, 1.807) is 27.2 Å². The minimum atomic E-state index is -1.00. The molecule has 1 aliphatic carbocycles. The van der Waals surface area contributed by atoms with Gasteiger partial charge < -0.3 is 19.3 Å². The summed E-state index contributed by atoms with van der Waals surface area (Å²) in [5, 5.41) is 11.6. The van der Waals surface area contributed by atoms with E-state index < -0.39 is 17.4 Å². The molecule has 2 heterocycles. The highest BCUT2D eigenvalue weighted by Crippen LogP contribution is 2.41. The van der Waals surface area contributed by atoms with E-state index in [0.29, 0.717) is 30.9 Å². The molecular weight excluding hydrogens is 346 g/mol. The van der Waals surface area contributed by atoms with Crippen LogP contribution in [0.15, 0.2) is 30.2 Å². The zero-order valence-electron chi connectivity index (χ0n) is 16.4. The number of ether oxygens (including phenoxy) is 3. The van der Waals surface area contributed by atoms with Crippen LogP contribution in [0.4, 0.5) is 0 Å². The van der Waals surface area contributed by atoms with Crippen molar-refractivity contribution in [3.8, 4) is 5.88 Å². The highest BCUT2D eigenvalue weighted by Gasteiger charge is 2.41. The van der Waals surface area contributed by atoms with Gasteiger partial charge in [0, 0.05) is 32.5 Å². The van der Waals surface area contributed by atoms with Gasteiger partial charge in [0.25, 0.3) is 0 Å². The van der Waals surface area contributed by atoms with E-state index in [-0.39, 0.29) is 5.92 Å². The Morgan fingerprint density at radius 2 is 2.04 bits per heavy atom. The fraction of sp³-hybridized carbons (Fsp3) is 0.619. The normalized spacial score (nSPS) is 21.8. The van der Waals surface area contributed by atoms with E-state index in [0.717, 1.165) is 31.2 Å². The minimum absolute atomic E-state index is 0.203. The van der Waals surface area contributed by atoms with Crippen LogP contribution in [0.5, 0.6) is 5.88 Å². The van der Waals surface area contributed by atoms with Gasteiger partial charge in [-0.15, -0.1) is 0 Å². The number of cyclic esters (lactones) is 1. The Labute approximate surface area is 160 Å². The Morgan fingerprint density at radius 1 is 1.30 bits per heavy atom. The molecule has 1 fully saturated rings. The summed E-state index contributed by atoms with van der Waals surface area (Å²) in [5.74, 6) is -0.147. The van der Waals surface area contributed by atoms with E-state index in [9.17, 15) is 9.90 Å². The van der Waals surface area contributed by atoms with Gasteiger partial charge in [-0.25, -0.2) is 9.78 Å². The predicted molar refractivity (Wildman–Crippen MR) is 100.0 cm³/mol. The molecule has 0 amide bonds. The molecule has 2 aliphatic rings. The molecule has 0 saturated heterocycles. The average Bonchev–Trinajstić information content (AvgIpc) is 3.14. The van der Waals surface area contributed by atoms with Crippen molar-refractivity contribution in [1.29, 1.82) is 0 Å². The average molecular weight is 375 g/mol. The molecule has 0 aromatic carbocycles. The predicted octanol–water partition coefficient (Wildman–Crippen LogP) is 3.53. The van der Waals surface area contributed by atoms with E-state index in [2.05, 4.69) is 4.98 Å². The first-order valence-electron chi connectivity index (χ1n) is 9.63. The molecule has 3 rings (SSSR count). The van der Waals surface area contributed by atoms with Gasteiger partial charge in [-0.3, -0.25) is 0 Å². The molecule has 1 aromatic rings. The molecule has 1 N–H and O–H groups in total. The fourth-order valence-corrected chi connectivity index (χ4v) is 4.10. The third-order valence-corrected chi connectivity index (χ3v) is 5.45. The summed E-state index contributed by atoms with van der Waals surface area (Å²) in [5.41, 5.74) is 0.126. The molecular formula is C21H29NO5. The monoisotopic (exact) mass is 375 g/mol. The number of carbonyl (C=O) groups is 1. The standard InChI is InChI=1S/C21H29NO5/c1-20(2)26-17(12-19(23)27-20)13-21(24,16-6-4-5-7-16)11-10-15-8-9-18(25-3)22-14-15/h8-9,12,14,16,24H,4-7,10-11,13H2,1-3H3. The Hall–Kier alpha value is -2.08. The first kappa shape index (κ1) is 19.7. The van der Waals surface area contributed by atoms with Crippen LogP contribution in [0, 0.1) is 5.92 Å². The summed E-state index contributed by atoms with van der Waals surface area (Å²) in [7, 11) is 1.59. The lowest BCUT2D eigenvalue weighted by Gasteiger charge is -2.38. The number of esters is 1. The first-order valence-corrected chi connectivity index (χ1v) is 9.63. The Morgan fingerprint density at radius 3 is 2.63 bits per heavy atom. The van der Waals surface area contributed by atoms with Gasteiger partial charge in [0.15, 0.2) is 0 Å². The highest BCUT2D eigenvalue weighted by molar-refractivity contribution is 5.83. The molecule has 1 unspecified atom stereocenters. The third-order valence-electron chi connectivity index (χ3n) is 5.45. The maximum atomic E-state index is 11.9. The Bertz CT molecular complexity index is 691. The number of carbonyl (C=O) groups excluding carboxylic acids is 1. The molecule has 1 aliphatic heterocycles. The van der Waals surface area contributed by atoms with E-state index in [4.69, 9.17) is 14.2 Å². The molecule has 0 bridgehead atoms. The largest absolute Gasteiger partial charge is 0.481 e. The maximum absolute atomic E-state index is 11.9. The van der Waals surface area contributed by atoms with E-state index in [1.807, 2.05) is 12.1 Å². The lowest BCUT2D eigenvalue weighted by Crippen LogP contribution is -2.41. The van der Waals surface area contributed by atoms with Gasteiger partial charge in [-0.2, -0.15) is 0 Å². The summed E-state index contributed by atoms with van der Waals surface area (Å²) in [4.78, 5) is 16.1. The van der Waals surface area contributed by atoms with Crippen LogP contribution in [0.2, 0.25) is 0 Å². The van der Waals surface area contributed by atoms with Crippen molar-refractivity contribution >= 4 is 5.97 Å². The minimum Gasteiger partial charge on any atom is -0.481 e. The summed E-state index contributed by atoms with van der Waals surface area (Å²) in [6.45, 7) is 3.41. The molecule has 0 radical (unpaired) electrons. The Balaban J connectivity index is 1.74. The van der Waals surface area contributed by atoms with Crippen molar-refractivity contribution in [2.75, 3.05) is 7.11 Å². The smallest absolute Gasteiger partial charge is 0.337 e. The summed E-state index contributed by atoms with van der Waals surface area (Å²) < 4.78 is 16.1. The molecule has 1 aromatic heterocycles. The number of hydrogen-bond acceptors (Lipinski definition) is 6. The van der Waals surface area contributed by atoms with Crippen molar-refractivity contribution in [2.24, 2.45) is 5.92 Å². The highest BCUT2D eigenvalue weighted by atomic mass is 16.7. The second-order valence-corrected chi connectivity index (χ2v) is 8.00. The van der Waals surface area contributed by atoms with E-state index in [1.165, 1.54) is 6.08 Å². The summed E-state index contributed by atoms with van der Waals surface area (Å²) in [6, 6.07) is 3.80. The SMILES string of the molecule is COc1ccc(CCC(O)(CC2=CC(=O)OC(C)(C)O2)C2CCCC2)cn1. The number of aromatic nitrogens is 1. The quantitative estimate of drug-likeness (QED) is 0.735. The topological polar surface area (TPSA) is 77.9 Å². The van der Waals surface area contributed by atoms with Crippen molar-refractivity contribution in [2.45, 2.75) is 70.2 Å². The van der Waals surface area contributed by atoms with Gasteiger partial charge in [0.05, 0.1) is 18.8 Å². The second-order valence-electron chi connectivity index (χ2n) is 8.00. The lowest BCUT2D eigenvalue weighted by atomic mass is 9.78. The van der Waals surface area contributed by atoms with Crippen molar-refractivity contribution in [1.82, 2.24) is 4.98 Å². The number of nitrogens with zero attached hydrogens (tertiary/aromatic N) is 1. The zero-order chi connectivity index (χ0) is 19.5. The summed E-state index contributed by atoms with van der Waals surface area (Å²) in [6.07, 6.45) is 9.00.